The predicted octanol–water partition coefficient (Wildman–Crippen LogP) is 4.74. The van der Waals surface area contributed by atoms with E-state index >= 15 is 0 Å². The minimum absolute atomic E-state index is 0.0539. The van der Waals surface area contributed by atoms with Crippen molar-refractivity contribution in [1.29, 1.82) is 0 Å². The number of rotatable bonds is 6. The van der Waals surface area contributed by atoms with E-state index in [1.54, 1.807) is 16.7 Å². The van der Waals surface area contributed by atoms with E-state index in [1.165, 1.54) is 0 Å². The topological polar surface area (TPSA) is 46.9 Å². The quantitative estimate of drug-likeness (QED) is 0.682. The van der Waals surface area contributed by atoms with Gasteiger partial charge in [-0.25, -0.2) is 4.98 Å². The number of nitrogens with one attached hydrogen (secondary N) is 1. The number of fused-ring (bicyclic) bond motifs is 1. The molecule has 0 radical (unpaired) electrons. The monoisotopic (exact) mass is 369 g/mol. The van der Waals surface area contributed by atoms with Crippen LogP contribution < -0.4 is 10.9 Å². The van der Waals surface area contributed by atoms with E-state index in [2.05, 4.69) is 19.2 Å². The zero-order valence-electron chi connectivity index (χ0n) is 15.4. The maximum atomic E-state index is 13.2. The summed E-state index contributed by atoms with van der Waals surface area (Å²) >= 11 is 6.02. The van der Waals surface area contributed by atoms with Gasteiger partial charge in [-0.2, -0.15) is 0 Å². The summed E-state index contributed by atoms with van der Waals surface area (Å²) in [6, 6.07) is 14.7. The fourth-order valence-electron chi connectivity index (χ4n) is 2.96. The van der Waals surface area contributed by atoms with Crippen LogP contribution in [-0.4, -0.2) is 16.1 Å². The third-order valence-corrected chi connectivity index (χ3v) is 4.70. The maximum absolute atomic E-state index is 13.2. The first kappa shape index (κ1) is 18.6. The average Bonchev–Trinajstić information content (AvgIpc) is 2.62. The van der Waals surface area contributed by atoms with Gasteiger partial charge in [0.25, 0.3) is 5.56 Å². The van der Waals surface area contributed by atoms with Gasteiger partial charge in [0, 0.05) is 5.02 Å². The molecule has 0 saturated heterocycles. The Balaban J connectivity index is 2.11. The molecule has 1 N–H and O–H groups in total. The highest BCUT2D eigenvalue weighted by Crippen LogP contribution is 2.19. The number of aromatic nitrogens is 2. The van der Waals surface area contributed by atoms with E-state index in [1.807, 2.05) is 43.3 Å². The van der Waals surface area contributed by atoms with Gasteiger partial charge >= 0.3 is 0 Å². The van der Waals surface area contributed by atoms with Crippen molar-refractivity contribution in [3.05, 3.63) is 69.7 Å². The molecule has 0 aliphatic carbocycles. The fraction of sp³-hybridized carbons (Fsp3) is 0.333. The van der Waals surface area contributed by atoms with Crippen LogP contribution in [0.1, 0.15) is 39.1 Å². The van der Waals surface area contributed by atoms with Crippen LogP contribution in [0.2, 0.25) is 5.02 Å². The first-order valence-corrected chi connectivity index (χ1v) is 9.36. The van der Waals surface area contributed by atoms with Crippen LogP contribution in [0.5, 0.6) is 0 Å². The van der Waals surface area contributed by atoms with Crippen LogP contribution in [0.25, 0.3) is 16.6 Å². The van der Waals surface area contributed by atoms with Gasteiger partial charge in [-0.15, -0.1) is 0 Å². The Hall–Kier alpha value is -2.17. The maximum Gasteiger partial charge on any atom is 0.266 e. The second-order valence-corrected chi connectivity index (χ2v) is 7.40. The Morgan fingerprint density at radius 2 is 1.77 bits per heavy atom. The molecular weight excluding hydrogens is 346 g/mol. The summed E-state index contributed by atoms with van der Waals surface area (Å²) < 4.78 is 1.69. The van der Waals surface area contributed by atoms with Gasteiger partial charge in [0.2, 0.25) is 0 Å². The van der Waals surface area contributed by atoms with Crippen molar-refractivity contribution in [3.63, 3.8) is 0 Å². The number of halogens is 1. The highest BCUT2D eigenvalue weighted by Gasteiger charge is 2.17. The molecule has 0 saturated carbocycles. The summed E-state index contributed by atoms with van der Waals surface area (Å²) in [6.07, 6.45) is 1.07. The minimum Gasteiger partial charge on any atom is -0.308 e. The molecule has 1 heterocycles. The summed E-state index contributed by atoms with van der Waals surface area (Å²) in [4.78, 5) is 18.0. The molecule has 3 aromatic rings. The molecule has 0 fully saturated rings. The van der Waals surface area contributed by atoms with E-state index in [9.17, 15) is 4.79 Å². The van der Waals surface area contributed by atoms with E-state index < -0.39 is 0 Å². The molecule has 0 aliphatic heterocycles. The van der Waals surface area contributed by atoms with Crippen LogP contribution in [0.4, 0.5) is 0 Å². The standard InChI is InChI=1S/C21H24ClN3O/c1-14(2)12-13-23-15(3)20-24-19-7-5-4-6-18(19)21(26)25(20)17-10-8-16(22)9-11-17/h4-11,14-15,23H,12-13H2,1-3H3/t15-/m0/s1. The summed E-state index contributed by atoms with van der Waals surface area (Å²) in [5, 5.41) is 4.75. The number of nitrogens with zero attached hydrogens (tertiary/aromatic N) is 2. The Morgan fingerprint density at radius 3 is 2.46 bits per heavy atom. The highest BCUT2D eigenvalue weighted by molar-refractivity contribution is 6.30. The number of hydrogen-bond acceptors (Lipinski definition) is 3. The van der Waals surface area contributed by atoms with Crippen LogP contribution in [0.15, 0.2) is 53.3 Å². The summed E-state index contributed by atoms with van der Waals surface area (Å²) in [5.74, 6) is 1.33. The molecule has 136 valence electrons. The largest absolute Gasteiger partial charge is 0.308 e. The van der Waals surface area contributed by atoms with E-state index in [-0.39, 0.29) is 11.6 Å². The van der Waals surface area contributed by atoms with Gasteiger partial charge in [0.05, 0.1) is 22.6 Å². The highest BCUT2D eigenvalue weighted by atomic mass is 35.5. The minimum atomic E-state index is -0.0644. The lowest BCUT2D eigenvalue weighted by atomic mass is 10.1. The third kappa shape index (κ3) is 3.97. The van der Waals surface area contributed by atoms with Gasteiger partial charge in [-0.3, -0.25) is 9.36 Å². The molecule has 4 nitrogen and oxygen atoms in total. The first-order valence-electron chi connectivity index (χ1n) is 8.98. The number of para-hydroxylation sites is 1. The van der Waals surface area contributed by atoms with E-state index in [0.717, 1.165) is 24.2 Å². The Bertz CT molecular complexity index is 948. The molecule has 0 bridgehead atoms. The van der Waals surface area contributed by atoms with E-state index in [0.29, 0.717) is 22.2 Å². The predicted molar refractivity (Wildman–Crippen MR) is 108 cm³/mol. The molecule has 1 atom stereocenters. The van der Waals surface area contributed by atoms with Crippen molar-refractivity contribution in [3.8, 4) is 5.69 Å². The van der Waals surface area contributed by atoms with Crippen LogP contribution in [0, 0.1) is 5.92 Å². The van der Waals surface area contributed by atoms with Crippen LogP contribution in [0.3, 0.4) is 0 Å². The first-order chi connectivity index (χ1) is 12.5. The van der Waals surface area contributed by atoms with Crippen LogP contribution in [-0.2, 0) is 0 Å². The second kappa shape index (κ2) is 8.02. The van der Waals surface area contributed by atoms with E-state index in [4.69, 9.17) is 16.6 Å². The lowest BCUT2D eigenvalue weighted by Gasteiger charge is -2.20. The number of benzene rings is 2. The zero-order chi connectivity index (χ0) is 18.7. The molecular formula is C21H24ClN3O. The summed E-state index contributed by atoms with van der Waals surface area (Å²) in [5.41, 5.74) is 1.42. The van der Waals surface area contributed by atoms with Crippen molar-refractivity contribution in [2.75, 3.05) is 6.54 Å². The summed E-state index contributed by atoms with van der Waals surface area (Å²) in [7, 11) is 0. The average molecular weight is 370 g/mol. The smallest absolute Gasteiger partial charge is 0.266 e. The van der Waals surface area contributed by atoms with Crippen molar-refractivity contribution < 1.29 is 0 Å². The van der Waals surface area contributed by atoms with Gasteiger partial charge in [0.15, 0.2) is 0 Å². The third-order valence-electron chi connectivity index (χ3n) is 4.45. The van der Waals surface area contributed by atoms with Gasteiger partial charge < -0.3 is 5.32 Å². The second-order valence-electron chi connectivity index (χ2n) is 6.96. The lowest BCUT2D eigenvalue weighted by molar-refractivity contribution is 0.479. The normalized spacial score (nSPS) is 12.7. The van der Waals surface area contributed by atoms with Gasteiger partial charge in [0.1, 0.15) is 5.82 Å². The molecule has 0 aliphatic rings. The SMILES string of the molecule is CC(C)CCN[C@@H](C)c1nc2ccccc2c(=O)n1-c1ccc(Cl)cc1. The molecule has 3 rings (SSSR count). The van der Waals surface area contributed by atoms with Crippen LogP contribution >= 0.6 is 11.6 Å². The molecule has 0 unspecified atom stereocenters. The Kier molecular flexibility index (Phi) is 5.74. The molecule has 0 spiro atoms. The van der Waals surface area contributed by atoms with Crippen molar-refractivity contribution >= 4 is 22.5 Å². The Morgan fingerprint density at radius 1 is 1.08 bits per heavy atom. The molecule has 2 aromatic carbocycles. The lowest BCUT2D eigenvalue weighted by Crippen LogP contribution is -2.30. The molecule has 5 heteroatoms. The van der Waals surface area contributed by atoms with Gasteiger partial charge in [-0.1, -0.05) is 37.6 Å². The zero-order valence-corrected chi connectivity index (χ0v) is 16.1. The molecule has 0 amide bonds. The fourth-order valence-corrected chi connectivity index (χ4v) is 3.09. The van der Waals surface area contributed by atoms with Gasteiger partial charge in [-0.05, 0) is 62.2 Å². The van der Waals surface area contributed by atoms with Crippen molar-refractivity contribution in [2.24, 2.45) is 5.92 Å². The summed E-state index contributed by atoms with van der Waals surface area (Å²) in [6.45, 7) is 7.32. The number of hydrogen-bond donors (Lipinski definition) is 1. The molecule has 1 aromatic heterocycles. The molecule has 26 heavy (non-hydrogen) atoms. The van der Waals surface area contributed by atoms with Crippen molar-refractivity contribution in [2.45, 2.75) is 33.2 Å². The van der Waals surface area contributed by atoms with Crippen molar-refractivity contribution in [1.82, 2.24) is 14.9 Å². The Labute approximate surface area is 158 Å².